The number of esters is 1. The van der Waals surface area contributed by atoms with Crippen LogP contribution in [0.2, 0.25) is 5.02 Å². The number of nitrogens with one attached hydrogen (secondary N) is 1. The molecule has 0 aliphatic heterocycles. The summed E-state index contributed by atoms with van der Waals surface area (Å²) in [6.45, 7) is 9.57. The molecular weight excluding hydrogens is 557 g/mol. The van der Waals surface area contributed by atoms with Crippen LogP contribution in [0, 0.1) is 15.9 Å². The summed E-state index contributed by atoms with van der Waals surface area (Å²) >= 11 is 5.86. The lowest BCUT2D eigenvalue weighted by molar-refractivity contribution is -0.385. The van der Waals surface area contributed by atoms with Crippen LogP contribution in [0.15, 0.2) is 36.7 Å². The maximum absolute atomic E-state index is 13.5. The van der Waals surface area contributed by atoms with Crippen molar-refractivity contribution in [3.05, 3.63) is 57.6 Å². The molecule has 222 valence electrons. The summed E-state index contributed by atoms with van der Waals surface area (Å²) in [5.74, 6) is -0.627. The minimum absolute atomic E-state index is 0.0159. The summed E-state index contributed by atoms with van der Waals surface area (Å²) in [7, 11) is 0. The largest absolute Gasteiger partial charge is 0.487 e. The fourth-order valence-electron chi connectivity index (χ4n) is 3.95. The highest BCUT2D eigenvalue weighted by molar-refractivity contribution is 6.31. The third kappa shape index (κ3) is 8.94. The van der Waals surface area contributed by atoms with E-state index in [4.69, 9.17) is 21.1 Å². The number of hydrogen-bond donors (Lipinski definition) is 2. The van der Waals surface area contributed by atoms with Crippen LogP contribution in [-0.4, -0.2) is 68.3 Å². The number of anilines is 2. The summed E-state index contributed by atoms with van der Waals surface area (Å²) in [5, 5.41) is 25.0. The zero-order chi connectivity index (χ0) is 30.4. The van der Waals surface area contributed by atoms with Gasteiger partial charge in [0.05, 0.1) is 40.6 Å². The van der Waals surface area contributed by atoms with Gasteiger partial charge in [0, 0.05) is 23.4 Å². The molecule has 0 aliphatic carbocycles. The molecule has 0 fully saturated rings. The maximum atomic E-state index is 13.5. The molecule has 11 nitrogen and oxygen atoms in total. The molecule has 2 aromatic carbocycles. The number of hydrogen-bond acceptors (Lipinski definition) is 10. The van der Waals surface area contributed by atoms with Gasteiger partial charge in [-0.15, -0.1) is 0 Å². The second kappa shape index (κ2) is 13.4. The number of aliphatic hydroxyl groups excluding tert-OH is 1. The molecule has 0 saturated heterocycles. The van der Waals surface area contributed by atoms with Gasteiger partial charge >= 0.3 is 11.7 Å². The number of aromatic nitrogens is 2. The summed E-state index contributed by atoms with van der Waals surface area (Å²) in [5.41, 5.74) is -0.681. The maximum Gasteiger partial charge on any atom is 0.320 e. The normalized spacial score (nSPS) is 12.0. The topological polar surface area (TPSA) is 140 Å². The summed E-state index contributed by atoms with van der Waals surface area (Å²) in [4.78, 5) is 34.0. The first-order chi connectivity index (χ1) is 19.2. The summed E-state index contributed by atoms with van der Waals surface area (Å²) < 4.78 is 24.8. The highest BCUT2D eigenvalue weighted by Crippen LogP contribution is 2.35. The van der Waals surface area contributed by atoms with E-state index in [-0.39, 0.29) is 48.0 Å². The molecule has 0 bridgehead atoms. The number of rotatable bonds is 13. The van der Waals surface area contributed by atoms with Crippen molar-refractivity contribution < 1.29 is 28.7 Å². The lowest BCUT2D eigenvalue weighted by atomic mass is 10.0. The first-order valence-corrected chi connectivity index (χ1v) is 13.4. The lowest BCUT2D eigenvalue weighted by Gasteiger charge is -2.37. The molecule has 3 aromatic rings. The Morgan fingerprint density at radius 1 is 1.17 bits per heavy atom. The number of nitro groups is 1. The molecule has 0 atom stereocenters. The highest BCUT2D eigenvalue weighted by atomic mass is 35.5. The van der Waals surface area contributed by atoms with Gasteiger partial charge in [0.25, 0.3) is 0 Å². The molecule has 3 rings (SSSR count). The van der Waals surface area contributed by atoms with Crippen molar-refractivity contribution in [1.82, 2.24) is 14.9 Å². The Bertz CT molecular complexity index is 1400. The fourth-order valence-corrected chi connectivity index (χ4v) is 4.13. The molecule has 0 unspecified atom stereocenters. The van der Waals surface area contributed by atoms with Crippen molar-refractivity contribution in [2.24, 2.45) is 0 Å². The van der Waals surface area contributed by atoms with Crippen molar-refractivity contribution in [1.29, 1.82) is 0 Å². The number of nitro benzene ring substituents is 1. The van der Waals surface area contributed by atoms with Gasteiger partial charge in [-0.2, -0.15) is 0 Å². The Hall–Kier alpha value is -3.61. The minimum Gasteiger partial charge on any atom is -0.487 e. The molecule has 0 radical (unpaired) electrons. The van der Waals surface area contributed by atoms with Gasteiger partial charge in [0.15, 0.2) is 5.75 Å². The van der Waals surface area contributed by atoms with Crippen LogP contribution in [0.5, 0.6) is 5.75 Å². The van der Waals surface area contributed by atoms with E-state index in [0.29, 0.717) is 36.0 Å². The van der Waals surface area contributed by atoms with Gasteiger partial charge in [0.1, 0.15) is 23.6 Å². The third-order valence-electron chi connectivity index (χ3n) is 6.16. The van der Waals surface area contributed by atoms with Gasteiger partial charge in [0.2, 0.25) is 0 Å². The first kappa shape index (κ1) is 31.9. The Kier molecular flexibility index (Phi) is 10.4. The Morgan fingerprint density at radius 2 is 1.90 bits per heavy atom. The molecule has 1 aromatic heterocycles. The van der Waals surface area contributed by atoms with E-state index >= 15 is 0 Å². The van der Waals surface area contributed by atoms with E-state index in [0.717, 1.165) is 0 Å². The van der Waals surface area contributed by atoms with Crippen LogP contribution in [0.25, 0.3) is 10.9 Å². The number of halogens is 2. The van der Waals surface area contributed by atoms with Crippen molar-refractivity contribution in [2.75, 3.05) is 31.6 Å². The SMILES string of the molecule is CC(C)(C)OC(=O)CN(CCCCOc1cc2ncnc(Nc3ccc(F)c(Cl)c3)c2cc1[N+](=O)[O-])C(C)(C)CO. The number of benzene rings is 2. The molecule has 0 saturated carbocycles. The second-order valence-electron chi connectivity index (χ2n) is 11.1. The minimum atomic E-state index is -0.653. The molecule has 41 heavy (non-hydrogen) atoms. The van der Waals surface area contributed by atoms with Gasteiger partial charge < -0.3 is 19.9 Å². The van der Waals surface area contributed by atoms with E-state index in [1.807, 2.05) is 18.7 Å². The van der Waals surface area contributed by atoms with Crippen molar-refractivity contribution in [3.8, 4) is 5.75 Å². The van der Waals surface area contributed by atoms with Crippen molar-refractivity contribution >= 4 is 45.7 Å². The Balaban J connectivity index is 1.69. The number of unbranched alkanes of at least 4 members (excludes halogenated alkanes) is 1. The van der Waals surface area contributed by atoms with E-state index in [1.165, 1.54) is 36.7 Å². The van der Waals surface area contributed by atoms with Crippen LogP contribution < -0.4 is 10.1 Å². The monoisotopic (exact) mass is 591 g/mol. The average Bonchev–Trinajstić information content (AvgIpc) is 2.88. The zero-order valence-electron chi connectivity index (χ0n) is 23.7. The van der Waals surface area contributed by atoms with E-state index in [1.54, 1.807) is 20.8 Å². The highest BCUT2D eigenvalue weighted by Gasteiger charge is 2.29. The zero-order valence-corrected chi connectivity index (χ0v) is 24.5. The number of nitrogens with zero attached hydrogens (tertiary/aromatic N) is 4. The molecule has 1 heterocycles. The molecule has 0 spiro atoms. The number of ether oxygens (including phenoxy) is 2. The van der Waals surface area contributed by atoms with Gasteiger partial charge in [-0.3, -0.25) is 19.8 Å². The number of fused-ring (bicyclic) bond motifs is 1. The van der Waals surface area contributed by atoms with E-state index in [2.05, 4.69) is 15.3 Å². The van der Waals surface area contributed by atoms with Gasteiger partial charge in [-0.25, -0.2) is 14.4 Å². The molecule has 0 aliphatic rings. The van der Waals surface area contributed by atoms with Crippen LogP contribution in [0.3, 0.4) is 0 Å². The molecule has 0 amide bonds. The van der Waals surface area contributed by atoms with E-state index < -0.39 is 21.9 Å². The van der Waals surface area contributed by atoms with Crippen LogP contribution in [-0.2, 0) is 9.53 Å². The Morgan fingerprint density at radius 3 is 2.54 bits per heavy atom. The summed E-state index contributed by atoms with van der Waals surface area (Å²) in [6.07, 6.45) is 2.43. The van der Waals surface area contributed by atoms with Crippen LogP contribution >= 0.6 is 11.6 Å². The third-order valence-corrected chi connectivity index (χ3v) is 6.45. The number of carbonyl (C=O) groups is 1. The first-order valence-electron chi connectivity index (χ1n) is 13.1. The molecular formula is C28H35ClFN5O6. The number of aliphatic hydroxyl groups is 1. The standard InChI is InChI=1S/C28H35ClFN5O6/c1-27(2,3)41-25(37)15-34(28(4,5)16-36)10-6-7-11-40-24-14-22-19(13-23(24)35(38)39)26(32-17-31-22)33-18-8-9-21(30)20(29)12-18/h8-9,12-14,17,36H,6-7,10-11,15-16H2,1-5H3,(H,31,32,33). The van der Waals surface area contributed by atoms with Crippen LogP contribution in [0.1, 0.15) is 47.5 Å². The smallest absolute Gasteiger partial charge is 0.320 e. The molecule has 13 heteroatoms. The Labute approximate surface area is 242 Å². The summed E-state index contributed by atoms with van der Waals surface area (Å²) in [6, 6.07) is 6.85. The van der Waals surface area contributed by atoms with E-state index in [9.17, 15) is 24.4 Å². The lowest BCUT2D eigenvalue weighted by Crippen LogP contribution is -2.50. The fraction of sp³-hybridized carbons (Fsp3) is 0.464. The second-order valence-corrected chi connectivity index (χ2v) is 11.5. The number of carbonyl (C=O) groups excluding carboxylic acids is 1. The quantitative estimate of drug-likeness (QED) is 0.111. The van der Waals surface area contributed by atoms with Gasteiger partial charge in [-0.1, -0.05) is 11.6 Å². The predicted octanol–water partition coefficient (Wildman–Crippen LogP) is 5.65. The predicted molar refractivity (Wildman–Crippen MR) is 154 cm³/mol. The van der Waals surface area contributed by atoms with Crippen molar-refractivity contribution in [2.45, 2.75) is 58.6 Å². The van der Waals surface area contributed by atoms with Crippen LogP contribution in [0.4, 0.5) is 21.6 Å². The van der Waals surface area contributed by atoms with Gasteiger partial charge in [-0.05, 0) is 72.2 Å². The molecule has 2 N–H and O–H groups in total. The average molecular weight is 592 g/mol. The van der Waals surface area contributed by atoms with Crippen molar-refractivity contribution in [3.63, 3.8) is 0 Å².